The van der Waals surface area contributed by atoms with E-state index in [-0.39, 0.29) is 0 Å². The first kappa shape index (κ1) is 65.1. The van der Waals surface area contributed by atoms with Crippen molar-refractivity contribution in [3.63, 3.8) is 0 Å². The van der Waals surface area contributed by atoms with E-state index < -0.39 is 0 Å². The van der Waals surface area contributed by atoms with Gasteiger partial charge in [0.1, 0.15) is 0 Å². The van der Waals surface area contributed by atoms with Crippen molar-refractivity contribution < 1.29 is 0 Å². The van der Waals surface area contributed by atoms with Crippen LogP contribution < -0.4 is 0 Å². The van der Waals surface area contributed by atoms with Crippen molar-refractivity contribution in [1.82, 2.24) is 39.7 Å². The van der Waals surface area contributed by atoms with Crippen LogP contribution in [0.5, 0.6) is 0 Å². The summed E-state index contributed by atoms with van der Waals surface area (Å²) in [5.74, 6) is 3.64. The Hall–Kier alpha value is -14.7. The van der Waals surface area contributed by atoms with Gasteiger partial charge in [0.05, 0.1) is 17.1 Å². The molecule has 4 heterocycles. The van der Waals surface area contributed by atoms with Gasteiger partial charge in [-0.25, -0.2) is 19.9 Å². The molecular weight excluding hydrogens is 1330 g/mol. The van der Waals surface area contributed by atoms with Crippen molar-refractivity contribution in [2.45, 2.75) is 0 Å². The number of pyridine rings is 2. The maximum absolute atomic E-state index is 5.08. The fourth-order valence-corrected chi connectivity index (χ4v) is 15.6. The highest BCUT2D eigenvalue weighted by atomic mass is 15.3. The van der Waals surface area contributed by atoms with Crippen LogP contribution in [0.1, 0.15) is 0 Å². The Kier molecular flexibility index (Phi) is 17.1. The zero-order chi connectivity index (χ0) is 72.4. The van der Waals surface area contributed by atoms with Crippen LogP contribution in [0, 0.1) is 0 Å². The lowest BCUT2D eigenvalue weighted by Gasteiger charge is -2.17. The number of hydrogen-bond donors (Lipinski definition) is 0. The van der Waals surface area contributed by atoms with Gasteiger partial charge in [0.25, 0.3) is 0 Å². The smallest absolute Gasteiger partial charge is 0.168 e. The van der Waals surface area contributed by atoms with Crippen LogP contribution in [-0.4, -0.2) is 39.7 Å². The summed E-state index contributed by atoms with van der Waals surface area (Å²) in [6.45, 7) is 0. The highest BCUT2D eigenvalue weighted by Crippen LogP contribution is 2.47. The third-order valence-corrected chi connectivity index (χ3v) is 20.5. The second kappa shape index (κ2) is 28.7. The summed E-state index contributed by atoms with van der Waals surface area (Å²) in [4.78, 5) is 24.6. The van der Waals surface area contributed by atoms with E-state index in [9.17, 15) is 0 Å². The van der Waals surface area contributed by atoms with E-state index in [2.05, 4.69) is 293 Å². The first-order chi connectivity index (χ1) is 54.1. The lowest BCUT2D eigenvalue weighted by molar-refractivity contribution is 1.07. The Bertz CT molecular complexity index is 6620. The molecule has 0 aliphatic carbocycles. The number of benzene rings is 17. The Balaban J connectivity index is 0.000000112. The molecule has 0 saturated carbocycles. The summed E-state index contributed by atoms with van der Waals surface area (Å²) in [7, 11) is 0. The molecule has 0 spiro atoms. The van der Waals surface area contributed by atoms with Crippen molar-refractivity contribution in [2.24, 2.45) is 0 Å². The maximum atomic E-state index is 5.08. The van der Waals surface area contributed by atoms with Gasteiger partial charge in [0.15, 0.2) is 29.1 Å². The van der Waals surface area contributed by atoms with Crippen molar-refractivity contribution in [1.29, 1.82) is 0 Å². The summed E-state index contributed by atoms with van der Waals surface area (Å²) < 4.78 is 2.15. The number of hydrogen-bond acceptors (Lipinski definition) is 7. The molecule has 21 rings (SSSR count). The minimum Gasteiger partial charge on any atom is -0.275 e. The fraction of sp³-hybridized carbons (Fsp3) is 0. The predicted molar refractivity (Wildman–Crippen MR) is 451 cm³/mol. The van der Waals surface area contributed by atoms with E-state index in [1.54, 1.807) is 0 Å². The van der Waals surface area contributed by atoms with Crippen LogP contribution >= 0.6 is 0 Å². The van der Waals surface area contributed by atoms with Crippen LogP contribution in [-0.2, 0) is 0 Å². The van der Waals surface area contributed by atoms with Gasteiger partial charge in [0.2, 0.25) is 0 Å². The molecule has 510 valence electrons. The van der Waals surface area contributed by atoms with Crippen LogP contribution in [0.25, 0.3) is 194 Å². The van der Waals surface area contributed by atoms with Crippen LogP contribution in [0.15, 0.2) is 401 Å². The summed E-state index contributed by atoms with van der Waals surface area (Å²) in [6.07, 6.45) is 1.81. The van der Waals surface area contributed by atoms with Gasteiger partial charge in [0, 0.05) is 45.3 Å². The van der Waals surface area contributed by atoms with Crippen molar-refractivity contribution >= 4 is 75.4 Å². The zero-order valence-corrected chi connectivity index (χ0v) is 59.2. The van der Waals surface area contributed by atoms with E-state index in [4.69, 9.17) is 19.9 Å². The molecule has 8 heteroatoms. The molecule has 8 nitrogen and oxygen atoms in total. The molecule has 0 aliphatic heterocycles. The van der Waals surface area contributed by atoms with Crippen molar-refractivity contribution in [3.8, 4) is 119 Å². The zero-order valence-electron chi connectivity index (χ0n) is 59.2. The molecule has 17 aromatic carbocycles. The molecule has 0 saturated heterocycles. The Morgan fingerprint density at radius 3 is 1.01 bits per heavy atom. The van der Waals surface area contributed by atoms with Gasteiger partial charge in [-0.2, -0.15) is 0 Å². The second-order valence-corrected chi connectivity index (χ2v) is 27.0. The van der Waals surface area contributed by atoms with Crippen molar-refractivity contribution in [3.05, 3.63) is 401 Å². The molecule has 0 aliphatic rings. The van der Waals surface area contributed by atoms with Gasteiger partial charge < -0.3 is 0 Å². The van der Waals surface area contributed by atoms with Crippen LogP contribution in [0.4, 0.5) is 0 Å². The largest absolute Gasteiger partial charge is 0.275 e. The molecule has 0 fully saturated rings. The minimum absolute atomic E-state index is 0.662. The van der Waals surface area contributed by atoms with Gasteiger partial charge in [-0.1, -0.05) is 358 Å². The summed E-state index contributed by atoms with van der Waals surface area (Å²) >= 11 is 0. The molecule has 0 amide bonds. The topological polar surface area (TPSA) is 95.2 Å². The molecule has 0 N–H and O–H groups in total. The normalized spacial score (nSPS) is 11.3. The monoisotopic (exact) mass is 1390 g/mol. The Morgan fingerprint density at radius 2 is 0.550 bits per heavy atom. The van der Waals surface area contributed by atoms with Gasteiger partial charge in [-0.05, 0) is 145 Å². The lowest BCUT2D eigenvalue weighted by atomic mass is 9.87. The Morgan fingerprint density at radius 1 is 0.193 bits per heavy atom. The second-order valence-electron chi connectivity index (χ2n) is 27.0. The van der Waals surface area contributed by atoms with Crippen LogP contribution in [0.3, 0.4) is 0 Å². The van der Waals surface area contributed by atoms with Gasteiger partial charge >= 0.3 is 0 Å². The average molecular weight is 1390 g/mol. The molecule has 109 heavy (non-hydrogen) atoms. The van der Waals surface area contributed by atoms with E-state index in [1.165, 1.54) is 98.0 Å². The standard InChI is InChI=1S/C36H23N3.C35H23N3.C30H20N2/c1-3-8-28(9-4-1)35-37-38-36(29-10-5-2-6-11-29)39(35)30-20-16-24(17-21-30)31-22-18-27-15-14-25-12-7-13-26-19-23-32(31)34(27)33(25)26;1-4-14-24(15-5-1)31-27-20-10-12-22-29(27)32(30-23-13-11-21-28(30)31)35-37-33(25-16-6-2-7-17-25)36-34(38-35)26-18-8-3-9-19-26;1-2-11-21(12-3-1)29-22-13-4-6-15-24(22)30(25-16-7-5-14-23(25)29)28-19-10-18-27(32-28)26-17-8-9-20-31-26/h1-23H;1-23H;1-20H. The predicted octanol–water partition coefficient (Wildman–Crippen LogP) is 25.8. The highest BCUT2D eigenvalue weighted by Gasteiger charge is 2.23. The maximum Gasteiger partial charge on any atom is 0.168 e. The summed E-state index contributed by atoms with van der Waals surface area (Å²) in [5, 5.41) is 26.5. The van der Waals surface area contributed by atoms with E-state index >= 15 is 0 Å². The molecule has 4 aromatic heterocycles. The number of rotatable bonds is 11. The number of aromatic nitrogens is 8. The number of fused-ring (bicyclic) bond motifs is 4. The lowest BCUT2D eigenvalue weighted by Crippen LogP contribution is -2.01. The third-order valence-electron chi connectivity index (χ3n) is 20.5. The highest BCUT2D eigenvalue weighted by molar-refractivity contribution is 6.26. The molecular formula is C101H66N8. The minimum atomic E-state index is 0.662. The van der Waals surface area contributed by atoms with Gasteiger partial charge in [-0.3, -0.25) is 9.55 Å². The van der Waals surface area contributed by atoms with Crippen LogP contribution in [0.2, 0.25) is 0 Å². The summed E-state index contributed by atoms with van der Waals surface area (Å²) in [5.41, 5.74) is 17.2. The van der Waals surface area contributed by atoms with Crippen molar-refractivity contribution in [2.75, 3.05) is 0 Å². The first-order valence-corrected chi connectivity index (χ1v) is 36.7. The summed E-state index contributed by atoms with van der Waals surface area (Å²) in [6, 6.07) is 137. The van der Waals surface area contributed by atoms with Gasteiger partial charge in [-0.15, -0.1) is 10.2 Å². The molecule has 0 bridgehead atoms. The average Bonchev–Trinajstić information content (AvgIpc) is 1.57. The Labute approximate surface area is 630 Å². The number of nitrogens with zero attached hydrogens (tertiary/aromatic N) is 8. The molecule has 0 radical (unpaired) electrons. The third kappa shape index (κ3) is 12.3. The first-order valence-electron chi connectivity index (χ1n) is 36.7. The SMILES string of the molecule is c1ccc(-c2c3ccccc3c(-c3cccc(-c4ccccn4)n3)c3ccccc23)cc1.c1ccc(-c2nc(-c3ccccc3)nc(-c3c4ccccc4c(-c4ccccc4)c4ccccc34)n2)cc1.c1ccc(-c2nnc(-c3ccccc3)n2-c2ccc(-c3ccc4ccc5cccc6ccc3c4c56)cc2)cc1. The van der Waals surface area contributed by atoms with E-state index in [0.29, 0.717) is 17.5 Å². The fourth-order valence-electron chi connectivity index (χ4n) is 15.6. The van der Waals surface area contributed by atoms with E-state index in [1.807, 2.05) is 128 Å². The molecule has 0 atom stereocenters. The molecule has 21 aromatic rings. The molecule has 0 unspecified atom stereocenters. The van der Waals surface area contributed by atoms with E-state index in [0.717, 1.165) is 78.6 Å². The quantitative estimate of drug-likeness (QED) is 0.0940.